The fraction of sp³-hybridized carbons (Fsp3) is 0.235. The number of rotatable bonds is 6. The van der Waals surface area contributed by atoms with Crippen LogP contribution in [0.2, 0.25) is 0 Å². The van der Waals surface area contributed by atoms with E-state index in [4.69, 9.17) is 4.74 Å². The van der Waals surface area contributed by atoms with Gasteiger partial charge in [-0.1, -0.05) is 48.5 Å². The molecule has 0 aromatic heterocycles. The van der Waals surface area contributed by atoms with E-state index >= 15 is 0 Å². The highest BCUT2D eigenvalue weighted by Crippen LogP contribution is 2.24. The maximum absolute atomic E-state index is 11.8. The minimum Gasteiger partial charge on any atom is -0.483 e. The number of aliphatic hydroxyl groups excluding tert-OH is 1. The Kier molecular flexibility index (Phi) is 5.35. The van der Waals surface area contributed by atoms with Crippen LogP contribution in [0.4, 0.5) is 0 Å². The molecule has 4 nitrogen and oxygen atoms in total. The van der Waals surface area contributed by atoms with Crippen molar-refractivity contribution in [3.05, 3.63) is 65.7 Å². The van der Waals surface area contributed by atoms with Crippen molar-refractivity contribution in [2.24, 2.45) is 0 Å². The van der Waals surface area contributed by atoms with Gasteiger partial charge in [-0.25, -0.2) is 0 Å². The SMILES string of the molecule is C[C@H](O)c1ccccc1OCC(=O)NCc1ccccc1. The van der Waals surface area contributed by atoms with Crippen LogP contribution in [0.1, 0.15) is 24.2 Å². The quantitative estimate of drug-likeness (QED) is 0.857. The summed E-state index contributed by atoms with van der Waals surface area (Å²) < 4.78 is 5.48. The van der Waals surface area contributed by atoms with E-state index < -0.39 is 6.10 Å². The summed E-state index contributed by atoms with van der Waals surface area (Å²) in [5.74, 6) is 0.335. The van der Waals surface area contributed by atoms with Crippen molar-refractivity contribution in [1.82, 2.24) is 5.32 Å². The van der Waals surface area contributed by atoms with Gasteiger partial charge in [-0.3, -0.25) is 4.79 Å². The van der Waals surface area contributed by atoms with Crippen molar-refractivity contribution in [2.45, 2.75) is 19.6 Å². The van der Waals surface area contributed by atoms with E-state index in [1.165, 1.54) is 0 Å². The second kappa shape index (κ2) is 7.45. The third-order valence-corrected chi connectivity index (χ3v) is 3.06. The first kappa shape index (κ1) is 15.1. The number of benzene rings is 2. The standard InChI is InChI=1S/C17H19NO3/c1-13(19)15-9-5-6-10-16(15)21-12-17(20)18-11-14-7-3-2-4-8-14/h2-10,13,19H,11-12H2,1H3,(H,18,20)/t13-/m0/s1. The van der Waals surface area contributed by atoms with Crippen LogP contribution in [-0.2, 0) is 11.3 Å². The molecule has 0 fully saturated rings. The van der Waals surface area contributed by atoms with E-state index in [2.05, 4.69) is 5.32 Å². The van der Waals surface area contributed by atoms with E-state index in [-0.39, 0.29) is 12.5 Å². The molecule has 21 heavy (non-hydrogen) atoms. The van der Waals surface area contributed by atoms with Gasteiger partial charge in [0, 0.05) is 12.1 Å². The van der Waals surface area contributed by atoms with Crippen molar-refractivity contribution in [3.63, 3.8) is 0 Å². The molecule has 0 aliphatic carbocycles. The largest absolute Gasteiger partial charge is 0.483 e. The topological polar surface area (TPSA) is 58.6 Å². The predicted molar refractivity (Wildman–Crippen MR) is 80.9 cm³/mol. The van der Waals surface area contributed by atoms with Crippen LogP contribution in [0.15, 0.2) is 54.6 Å². The molecule has 0 heterocycles. The van der Waals surface area contributed by atoms with Gasteiger partial charge >= 0.3 is 0 Å². The monoisotopic (exact) mass is 285 g/mol. The molecule has 0 spiro atoms. The van der Waals surface area contributed by atoms with Crippen molar-refractivity contribution in [1.29, 1.82) is 0 Å². The van der Waals surface area contributed by atoms with Crippen LogP contribution >= 0.6 is 0 Å². The highest BCUT2D eigenvalue weighted by molar-refractivity contribution is 5.77. The van der Waals surface area contributed by atoms with Crippen molar-refractivity contribution >= 4 is 5.91 Å². The zero-order valence-electron chi connectivity index (χ0n) is 12.0. The Balaban J connectivity index is 1.84. The minimum absolute atomic E-state index is 0.0729. The number of carbonyl (C=O) groups is 1. The molecule has 0 saturated carbocycles. The lowest BCUT2D eigenvalue weighted by molar-refractivity contribution is -0.123. The van der Waals surface area contributed by atoms with Crippen LogP contribution in [0.3, 0.4) is 0 Å². The molecule has 1 atom stereocenters. The summed E-state index contributed by atoms with van der Waals surface area (Å²) in [4.78, 5) is 11.8. The summed E-state index contributed by atoms with van der Waals surface area (Å²) >= 11 is 0. The van der Waals surface area contributed by atoms with Crippen LogP contribution in [0.5, 0.6) is 5.75 Å². The Morgan fingerprint density at radius 1 is 1.14 bits per heavy atom. The number of hydrogen-bond donors (Lipinski definition) is 2. The molecule has 2 aromatic carbocycles. The summed E-state index contributed by atoms with van der Waals surface area (Å²) in [6.07, 6.45) is -0.631. The second-order valence-corrected chi connectivity index (χ2v) is 4.76. The van der Waals surface area contributed by atoms with Gasteiger partial charge in [-0.2, -0.15) is 0 Å². The van der Waals surface area contributed by atoms with E-state index in [0.717, 1.165) is 5.56 Å². The molecule has 2 aromatic rings. The Labute approximate surface area is 124 Å². The van der Waals surface area contributed by atoms with Gasteiger partial charge in [0.1, 0.15) is 5.75 Å². The molecule has 0 radical (unpaired) electrons. The van der Waals surface area contributed by atoms with Crippen LogP contribution in [0.25, 0.3) is 0 Å². The van der Waals surface area contributed by atoms with Gasteiger partial charge in [-0.05, 0) is 18.6 Å². The lowest BCUT2D eigenvalue weighted by atomic mass is 10.1. The molecule has 0 aliphatic rings. The summed E-state index contributed by atoms with van der Waals surface area (Å²) in [5, 5.41) is 12.4. The van der Waals surface area contributed by atoms with E-state index in [1.54, 1.807) is 19.1 Å². The third-order valence-electron chi connectivity index (χ3n) is 3.06. The lowest BCUT2D eigenvalue weighted by Gasteiger charge is -2.13. The fourth-order valence-corrected chi connectivity index (χ4v) is 1.95. The molecular weight excluding hydrogens is 266 g/mol. The van der Waals surface area contributed by atoms with E-state index in [0.29, 0.717) is 17.9 Å². The Morgan fingerprint density at radius 2 is 1.81 bits per heavy atom. The van der Waals surface area contributed by atoms with Gasteiger partial charge in [0.15, 0.2) is 6.61 Å². The van der Waals surface area contributed by atoms with Crippen LogP contribution in [0, 0.1) is 0 Å². The van der Waals surface area contributed by atoms with Crippen molar-refractivity contribution in [2.75, 3.05) is 6.61 Å². The zero-order valence-corrected chi connectivity index (χ0v) is 12.0. The third kappa shape index (κ3) is 4.61. The average molecular weight is 285 g/mol. The number of para-hydroxylation sites is 1. The maximum atomic E-state index is 11.8. The average Bonchev–Trinajstić information content (AvgIpc) is 2.52. The number of carbonyl (C=O) groups excluding carboxylic acids is 1. The summed E-state index contributed by atoms with van der Waals surface area (Å²) in [6, 6.07) is 16.8. The summed E-state index contributed by atoms with van der Waals surface area (Å²) in [7, 11) is 0. The van der Waals surface area contributed by atoms with Crippen LogP contribution < -0.4 is 10.1 Å². The molecule has 0 unspecified atom stereocenters. The van der Waals surface area contributed by atoms with Crippen LogP contribution in [-0.4, -0.2) is 17.6 Å². The molecular formula is C17H19NO3. The Morgan fingerprint density at radius 3 is 2.52 bits per heavy atom. The number of ether oxygens (including phenoxy) is 1. The highest BCUT2D eigenvalue weighted by Gasteiger charge is 2.09. The van der Waals surface area contributed by atoms with Gasteiger partial charge in [0.25, 0.3) is 5.91 Å². The predicted octanol–water partition coefficient (Wildman–Crippen LogP) is 2.44. The zero-order chi connectivity index (χ0) is 15.1. The number of nitrogens with one attached hydrogen (secondary N) is 1. The lowest BCUT2D eigenvalue weighted by Crippen LogP contribution is -2.28. The first-order chi connectivity index (χ1) is 10.2. The normalized spacial score (nSPS) is 11.7. The van der Waals surface area contributed by atoms with Gasteiger partial charge in [0.2, 0.25) is 0 Å². The van der Waals surface area contributed by atoms with Crippen molar-refractivity contribution < 1.29 is 14.6 Å². The molecule has 0 bridgehead atoms. The Hall–Kier alpha value is -2.33. The van der Waals surface area contributed by atoms with Crippen molar-refractivity contribution in [3.8, 4) is 5.75 Å². The smallest absolute Gasteiger partial charge is 0.258 e. The van der Waals surface area contributed by atoms with Gasteiger partial charge in [-0.15, -0.1) is 0 Å². The number of hydrogen-bond acceptors (Lipinski definition) is 3. The first-order valence-corrected chi connectivity index (χ1v) is 6.87. The molecule has 0 saturated heterocycles. The van der Waals surface area contributed by atoms with E-state index in [9.17, 15) is 9.90 Å². The number of amides is 1. The molecule has 4 heteroatoms. The fourth-order valence-electron chi connectivity index (χ4n) is 1.95. The van der Waals surface area contributed by atoms with E-state index in [1.807, 2.05) is 42.5 Å². The molecule has 0 aliphatic heterocycles. The first-order valence-electron chi connectivity index (χ1n) is 6.87. The van der Waals surface area contributed by atoms with Gasteiger partial charge < -0.3 is 15.2 Å². The number of aliphatic hydroxyl groups is 1. The highest BCUT2D eigenvalue weighted by atomic mass is 16.5. The molecule has 2 rings (SSSR count). The minimum atomic E-state index is -0.631. The molecule has 2 N–H and O–H groups in total. The summed E-state index contributed by atoms with van der Waals surface area (Å²) in [5.41, 5.74) is 1.71. The summed E-state index contributed by atoms with van der Waals surface area (Å²) in [6.45, 7) is 2.06. The maximum Gasteiger partial charge on any atom is 0.258 e. The molecule has 1 amide bonds. The second-order valence-electron chi connectivity index (χ2n) is 4.76. The Bertz CT molecular complexity index is 582. The van der Waals surface area contributed by atoms with Gasteiger partial charge in [0.05, 0.1) is 6.10 Å². The molecule has 110 valence electrons.